The Bertz CT molecular complexity index is 2900. The van der Waals surface area contributed by atoms with Gasteiger partial charge in [-0.15, -0.1) is 0 Å². The van der Waals surface area contributed by atoms with Crippen molar-refractivity contribution < 1.29 is 4.42 Å². The standard InChI is InChI=1S/C47H29N3O/c1-2-13-32(14-3-1)45-48-46(50-47(49-45)41-21-11-23-43-44(41)40-19-8-9-22-42(40)51-43)33-26-24-31(25-27-33)35-28-29-39(38-18-7-6-17-36(35)38)37-20-10-15-30-12-4-5-16-34(30)37/h1-29H. The summed E-state index contributed by atoms with van der Waals surface area (Å²) in [6, 6.07) is 61.2. The largest absolute Gasteiger partial charge is 0.456 e. The van der Waals surface area contributed by atoms with Crippen LogP contribution in [0.3, 0.4) is 0 Å². The molecular weight excluding hydrogens is 623 g/mol. The van der Waals surface area contributed by atoms with E-state index in [1.807, 2.05) is 60.7 Å². The lowest BCUT2D eigenvalue weighted by atomic mass is 9.90. The van der Waals surface area contributed by atoms with E-state index in [0.717, 1.165) is 44.2 Å². The molecule has 51 heavy (non-hydrogen) atoms. The quantitative estimate of drug-likeness (QED) is 0.186. The molecule has 0 atom stereocenters. The normalized spacial score (nSPS) is 11.5. The summed E-state index contributed by atoms with van der Waals surface area (Å²) in [5, 5.41) is 6.97. The van der Waals surface area contributed by atoms with Gasteiger partial charge in [-0.25, -0.2) is 15.0 Å². The zero-order valence-corrected chi connectivity index (χ0v) is 27.5. The minimum absolute atomic E-state index is 0.607. The van der Waals surface area contributed by atoms with Gasteiger partial charge in [0.05, 0.1) is 0 Å². The van der Waals surface area contributed by atoms with Crippen LogP contribution in [-0.4, -0.2) is 15.0 Å². The van der Waals surface area contributed by atoms with Crippen molar-refractivity contribution in [2.75, 3.05) is 0 Å². The Labute approximate surface area is 294 Å². The average Bonchev–Trinajstić information content (AvgIpc) is 3.60. The molecular formula is C47H29N3O. The van der Waals surface area contributed by atoms with Crippen LogP contribution in [0.15, 0.2) is 180 Å². The number of hydrogen-bond donors (Lipinski definition) is 0. The fraction of sp³-hybridized carbons (Fsp3) is 0. The van der Waals surface area contributed by atoms with Crippen molar-refractivity contribution in [1.29, 1.82) is 0 Å². The molecule has 0 N–H and O–H groups in total. The van der Waals surface area contributed by atoms with Gasteiger partial charge in [-0.05, 0) is 55.9 Å². The lowest BCUT2D eigenvalue weighted by molar-refractivity contribution is 0.669. The summed E-state index contributed by atoms with van der Waals surface area (Å²) >= 11 is 0. The maximum absolute atomic E-state index is 6.21. The summed E-state index contributed by atoms with van der Waals surface area (Å²) in [4.78, 5) is 15.1. The maximum Gasteiger partial charge on any atom is 0.164 e. The number of furan rings is 1. The molecule has 10 rings (SSSR count). The van der Waals surface area contributed by atoms with E-state index < -0.39 is 0 Å². The first-order chi connectivity index (χ1) is 25.3. The highest BCUT2D eigenvalue weighted by Crippen LogP contribution is 2.40. The van der Waals surface area contributed by atoms with E-state index in [1.165, 1.54) is 38.2 Å². The zero-order valence-electron chi connectivity index (χ0n) is 27.5. The third kappa shape index (κ3) is 4.96. The molecule has 0 fully saturated rings. The van der Waals surface area contributed by atoms with Gasteiger partial charge in [0.15, 0.2) is 17.5 Å². The molecule has 2 aromatic heterocycles. The van der Waals surface area contributed by atoms with Crippen molar-refractivity contribution in [1.82, 2.24) is 15.0 Å². The van der Waals surface area contributed by atoms with E-state index in [9.17, 15) is 0 Å². The van der Waals surface area contributed by atoms with Crippen LogP contribution in [-0.2, 0) is 0 Å². The lowest BCUT2D eigenvalue weighted by Crippen LogP contribution is -2.00. The van der Waals surface area contributed by atoms with Crippen LogP contribution < -0.4 is 0 Å². The first kappa shape index (κ1) is 29.0. The summed E-state index contributed by atoms with van der Waals surface area (Å²) in [7, 11) is 0. The molecule has 0 aliphatic heterocycles. The lowest BCUT2D eigenvalue weighted by Gasteiger charge is -2.14. The van der Waals surface area contributed by atoms with Crippen molar-refractivity contribution in [3.05, 3.63) is 176 Å². The molecule has 0 aliphatic carbocycles. The molecule has 8 aromatic carbocycles. The van der Waals surface area contributed by atoms with Gasteiger partial charge in [-0.3, -0.25) is 0 Å². The van der Waals surface area contributed by atoms with Crippen molar-refractivity contribution in [2.45, 2.75) is 0 Å². The third-order valence-corrected chi connectivity index (χ3v) is 9.77. The van der Waals surface area contributed by atoms with Gasteiger partial charge in [-0.2, -0.15) is 0 Å². The number of benzene rings is 8. The zero-order chi connectivity index (χ0) is 33.7. The van der Waals surface area contributed by atoms with E-state index in [2.05, 4.69) is 115 Å². The van der Waals surface area contributed by atoms with Crippen LogP contribution in [0.4, 0.5) is 0 Å². The Hall–Kier alpha value is -6.91. The SMILES string of the molecule is c1ccc(-c2nc(-c3ccc(-c4ccc(-c5cccc6ccccc56)c5ccccc45)cc3)nc(-c3cccc4oc5ccccc5c34)n2)cc1. The van der Waals surface area contributed by atoms with Crippen LogP contribution >= 0.6 is 0 Å². The second kappa shape index (κ2) is 11.9. The van der Waals surface area contributed by atoms with Crippen molar-refractivity contribution in [3.8, 4) is 56.4 Å². The van der Waals surface area contributed by atoms with Gasteiger partial charge in [0.25, 0.3) is 0 Å². The van der Waals surface area contributed by atoms with Crippen LogP contribution in [0.1, 0.15) is 0 Å². The number of nitrogens with zero attached hydrogens (tertiary/aromatic N) is 3. The molecule has 0 spiro atoms. The fourth-order valence-electron chi connectivity index (χ4n) is 7.35. The molecule has 4 nitrogen and oxygen atoms in total. The molecule has 0 amide bonds. The van der Waals surface area contributed by atoms with Crippen LogP contribution in [0, 0.1) is 0 Å². The highest BCUT2D eigenvalue weighted by Gasteiger charge is 2.18. The number of rotatable bonds is 5. The maximum atomic E-state index is 6.21. The first-order valence-corrected chi connectivity index (χ1v) is 17.1. The van der Waals surface area contributed by atoms with Crippen LogP contribution in [0.25, 0.3) is 99.9 Å². The molecule has 0 saturated carbocycles. The molecule has 0 aliphatic rings. The molecule has 0 radical (unpaired) electrons. The molecule has 0 bridgehead atoms. The summed E-state index contributed by atoms with van der Waals surface area (Å²) < 4.78 is 6.21. The summed E-state index contributed by atoms with van der Waals surface area (Å²) in [6.45, 7) is 0. The Balaban J connectivity index is 1.10. The smallest absolute Gasteiger partial charge is 0.164 e. The molecule has 4 heteroatoms. The second-order valence-corrected chi connectivity index (χ2v) is 12.8. The summed E-state index contributed by atoms with van der Waals surface area (Å²) in [5.74, 6) is 1.85. The molecule has 0 saturated heterocycles. The number of aromatic nitrogens is 3. The van der Waals surface area contributed by atoms with E-state index in [-0.39, 0.29) is 0 Å². The molecule has 2 heterocycles. The van der Waals surface area contributed by atoms with Gasteiger partial charge in [0.2, 0.25) is 0 Å². The highest BCUT2D eigenvalue weighted by molar-refractivity contribution is 6.12. The molecule has 10 aromatic rings. The topological polar surface area (TPSA) is 51.8 Å². The predicted octanol–water partition coefficient (Wildman–Crippen LogP) is 12.4. The average molecular weight is 652 g/mol. The van der Waals surface area contributed by atoms with Crippen LogP contribution in [0.2, 0.25) is 0 Å². The fourth-order valence-corrected chi connectivity index (χ4v) is 7.35. The van der Waals surface area contributed by atoms with E-state index >= 15 is 0 Å². The predicted molar refractivity (Wildman–Crippen MR) is 209 cm³/mol. The Morgan fingerprint density at radius 3 is 1.61 bits per heavy atom. The van der Waals surface area contributed by atoms with Gasteiger partial charge in [0, 0.05) is 27.5 Å². The minimum Gasteiger partial charge on any atom is -0.456 e. The van der Waals surface area contributed by atoms with Crippen molar-refractivity contribution >= 4 is 43.5 Å². The Morgan fingerprint density at radius 1 is 0.294 bits per heavy atom. The van der Waals surface area contributed by atoms with E-state index in [1.54, 1.807) is 0 Å². The van der Waals surface area contributed by atoms with Gasteiger partial charge < -0.3 is 4.42 Å². The molecule has 238 valence electrons. The third-order valence-electron chi connectivity index (χ3n) is 9.77. The second-order valence-electron chi connectivity index (χ2n) is 12.8. The number of para-hydroxylation sites is 1. The first-order valence-electron chi connectivity index (χ1n) is 17.1. The monoisotopic (exact) mass is 651 g/mol. The number of fused-ring (bicyclic) bond motifs is 5. The Morgan fingerprint density at radius 2 is 0.804 bits per heavy atom. The minimum atomic E-state index is 0.607. The van der Waals surface area contributed by atoms with Crippen LogP contribution in [0.5, 0.6) is 0 Å². The summed E-state index contributed by atoms with van der Waals surface area (Å²) in [6.07, 6.45) is 0. The number of hydrogen-bond acceptors (Lipinski definition) is 4. The molecule has 0 unspecified atom stereocenters. The van der Waals surface area contributed by atoms with E-state index in [0.29, 0.717) is 17.5 Å². The van der Waals surface area contributed by atoms with Gasteiger partial charge in [0.1, 0.15) is 11.2 Å². The Kier molecular flexibility index (Phi) is 6.78. The van der Waals surface area contributed by atoms with Gasteiger partial charge in [-0.1, -0.05) is 164 Å². The van der Waals surface area contributed by atoms with E-state index in [4.69, 9.17) is 19.4 Å². The van der Waals surface area contributed by atoms with Crippen molar-refractivity contribution in [3.63, 3.8) is 0 Å². The summed E-state index contributed by atoms with van der Waals surface area (Å²) in [5.41, 5.74) is 9.19. The van der Waals surface area contributed by atoms with Gasteiger partial charge >= 0.3 is 0 Å². The van der Waals surface area contributed by atoms with Crippen molar-refractivity contribution in [2.24, 2.45) is 0 Å². The highest BCUT2D eigenvalue weighted by atomic mass is 16.3.